The minimum absolute atomic E-state index is 0. The van der Waals surface area contributed by atoms with E-state index in [0.29, 0.717) is 19.7 Å². The largest absolute Gasteiger partial charge is 0.487 e. The highest BCUT2D eigenvalue weighted by Crippen LogP contribution is 2.39. The van der Waals surface area contributed by atoms with Gasteiger partial charge in [0.1, 0.15) is 18.2 Å². The number of pyridine rings is 2. The number of anilines is 3. The summed E-state index contributed by atoms with van der Waals surface area (Å²) in [5, 5.41) is 3.50. The van der Waals surface area contributed by atoms with Gasteiger partial charge in [-0.05, 0) is 35.9 Å². The van der Waals surface area contributed by atoms with Crippen LogP contribution in [0.3, 0.4) is 0 Å². The summed E-state index contributed by atoms with van der Waals surface area (Å²) >= 11 is 0. The van der Waals surface area contributed by atoms with Crippen molar-refractivity contribution in [2.45, 2.75) is 12.5 Å². The molecule has 180 valence electrons. The molecule has 8 nitrogen and oxygen atoms in total. The Labute approximate surface area is 205 Å². The number of hydrogen-bond donors (Lipinski definition) is 1. The molecule has 0 spiro atoms. The van der Waals surface area contributed by atoms with Gasteiger partial charge in [-0.2, -0.15) is 0 Å². The Bertz CT molecular complexity index is 1270. The Morgan fingerprint density at radius 2 is 1.94 bits per heavy atom. The number of carbonyl (C=O) groups excluding carboxylic acids is 1. The summed E-state index contributed by atoms with van der Waals surface area (Å²) < 4.78 is 11.7. The van der Waals surface area contributed by atoms with Crippen molar-refractivity contribution in [3.8, 4) is 16.9 Å². The normalized spacial score (nSPS) is 17.3. The van der Waals surface area contributed by atoms with E-state index in [9.17, 15) is 4.79 Å². The highest BCUT2D eigenvalue weighted by atomic mass is 16.5. The van der Waals surface area contributed by atoms with E-state index in [1.54, 1.807) is 4.90 Å². The molecule has 1 aromatic carbocycles. The molecule has 1 amide bonds. The first-order valence-corrected chi connectivity index (χ1v) is 11.9. The average Bonchev–Trinajstić information content (AvgIpc) is 3.07. The molecule has 0 bridgehead atoms. The Hall–Kier alpha value is -3.91. The van der Waals surface area contributed by atoms with Gasteiger partial charge in [-0.15, -0.1) is 0 Å². The van der Waals surface area contributed by atoms with Crippen LogP contribution in [0.5, 0.6) is 5.75 Å². The third-order valence-electron chi connectivity index (χ3n) is 6.89. The monoisotopic (exact) mass is 471 g/mol. The number of benzene rings is 1. The Morgan fingerprint density at radius 1 is 1.11 bits per heavy atom. The molecule has 5 heterocycles. The van der Waals surface area contributed by atoms with E-state index < -0.39 is 0 Å². The summed E-state index contributed by atoms with van der Waals surface area (Å²) in [6.45, 7) is 8.57. The van der Waals surface area contributed by atoms with E-state index in [2.05, 4.69) is 57.1 Å². The molecule has 3 aliphatic heterocycles. The van der Waals surface area contributed by atoms with Gasteiger partial charge >= 0.3 is 0 Å². The van der Waals surface area contributed by atoms with Gasteiger partial charge < -0.3 is 24.6 Å². The number of ether oxygens (including phenoxy) is 2. The predicted octanol–water partition coefficient (Wildman–Crippen LogP) is 3.97. The standard InChI is InChI=1S/C27H27N5O3.H2/c1-2-26(33)32-15-20(16-32)22-5-3-19(14-29-22)18-4-6-25-23(13-18)30-27-21(17-35-25)24(7-8-28-27)31-9-11-34-12-10-31;/h2-8,13-14,20H,1,9-12,15-17H2,(H,28,30);1H. The number of carbonyl (C=O) groups is 1. The molecule has 3 aliphatic rings. The number of rotatable bonds is 4. The molecule has 0 unspecified atom stereocenters. The fourth-order valence-electron chi connectivity index (χ4n) is 4.84. The lowest BCUT2D eigenvalue weighted by Gasteiger charge is -2.38. The van der Waals surface area contributed by atoms with Crippen molar-refractivity contribution >= 4 is 23.1 Å². The summed E-state index contributed by atoms with van der Waals surface area (Å²) in [7, 11) is 0. The average molecular weight is 472 g/mol. The number of morpholine rings is 1. The zero-order valence-corrected chi connectivity index (χ0v) is 19.4. The molecule has 3 aromatic rings. The topological polar surface area (TPSA) is 79.8 Å². The van der Waals surface area contributed by atoms with Gasteiger partial charge in [0.2, 0.25) is 5.91 Å². The molecule has 0 radical (unpaired) electrons. The molecule has 0 atom stereocenters. The molecule has 6 rings (SSSR count). The summed E-state index contributed by atoms with van der Waals surface area (Å²) in [6, 6.07) is 12.3. The third kappa shape index (κ3) is 4.10. The van der Waals surface area contributed by atoms with Crippen LogP contribution in [0.25, 0.3) is 11.1 Å². The fourth-order valence-corrected chi connectivity index (χ4v) is 4.84. The highest BCUT2D eigenvalue weighted by Gasteiger charge is 2.31. The molecule has 2 fully saturated rings. The van der Waals surface area contributed by atoms with Gasteiger partial charge in [-0.3, -0.25) is 9.78 Å². The zero-order valence-electron chi connectivity index (χ0n) is 19.4. The van der Waals surface area contributed by atoms with Crippen LogP contribution in [-0.4, -0.2) is 60.2 Å². The van der Waals surface area contributed by atoms with Crippen molar-refractivity contribution in [3.05, 3.63) is 72.7 Å². The molecular weight excluding hydrogens is 442 g/mol. The molecule has 2 aromatic heterocycles. The van der Waals surface area contributed by atoms with Crippen LogP contribution in [0.15, 0.2) is 61.4 Å². The van der Waals surface area contributed by atoms with Crippen LogP contribution in [-0.2, 0) is 16.1 Å². The number of nitrogens with one attached hydrogen (secondary N) is 1. The number of aromatic nitrogens is 2. The minimum atomic E-state index is -0.0225. The molecule has 1 N–H and O–H groups in total. The van der Waals surface area contributed by atoms with Crippen molar-refractivity contribution in [1.82, 2.24) is 14.9 Å². The lowest BCUT2D eigenvalue weighted by molar-refractivity contribution is -0.130. The second kappa shape index (κ2) is 9.03. The summed E-state index contributed by atoms with van der Waals surface area (Å²) in [4.78, 5) is 25.1. The van der Waals surface area contributed by atoms with Gasteiger partial charge in [0, 0.05) is 62.9 Å². The van der Waals surface area contributed by atoms with Crippen molar-refractivity contribution in [3.63, 3.8) is 0 Å². The first-order valence-electron chi connectivity index (χ1n) is 11.9. The highest BCUT2D eigenvalue weighted by molar-refractivity contribution is 5.87. The molecule has 2 saturated heterocycles. The van der Waals surface area contributed by atoms with Gasteiger partial charge in [0.05, 0.1) is 24.5 Å². The van der Waals surface area contributed by atoms with E-state index in [4.69, 9.17) is 9.47 Å². The van der Waals surface area contributed by atoms with Crippen LogP contribution in [0.2, 0.25) is 0 Å². The van der Waals surface area contributed by atoms with E-state index in [-0.39, 0.29) is 13.3 Å². The van der Waals surface area contributed by atoms with E-state index in [1.165, 1.54) is 6.08 Å². The van der Waals surface area contributed by atoms with Crippen molar-refractivity contribution in [1.29, 1.82) is 0 Å². The van der Waals surface area contributed by atoms with Crippen LogP contribution in [0.1, 0.15) is 18.6 Å². The van der Waals surface area contributed by atoms with Gasteiger partial charge in [0.25, 0.3) is 0 Å². The van der Waals surface area contributed by atoms with Crippen LogP contribution >= 0.6 is 0 Å². The lowest BCUT2D eigenvalue weighted by atomic mass is 9.94. The summed E-state index contributed by atoms with van der Waals surface area (Å²) in [5.41, 5.74) is 6.16. The quantitative estimate of drug-likeness (QED) is 0.577. The Kier molecular flexibility index (Phi) is 5.58. The number of fused-ring (bicyclic) bond motifs is 2. The third-order valence-corrected chi connectivity index (χ3v) is 6.89. The Balaban J connectivity index is 0.00000267. The molecule has 35 heavy (non-hydrogen) atoms. The van der Waals surface area contributed by atoms with E-state index in [0.717, 1.165) is 71.6 Å². The van der Waals surface area contributed by atoms with Crippen LogP contribution in [0.4, 0.5) is 17.2 Å². The van der Waals surface area contributed by atoms with Crippen LogP contribution < -0.4 is 15.0 Å². The Morgan fingerprint density at radius 3 is 2.71 bits per heavy atom. The maximum absolute atomic E-state index is 11.7. The smallest absolute Gasteiger partial charge is 0.245 e. The van der Waals surface area contributed by atoms with Crippen molar-refractivity contribution < 1.29 is 15.7 Å². The molecule has 0 aliphatic carbocycles. The van der Waals surface area contributed by atoms with Crippen molar-refractivity contribution in [2.24, 2.45) is 0 Å². The maximum atomic E-state index is 11.7. The lowest BCUT2D eigenvalue weighted by Crippen LogP contribution is -2.48. The second-order valence-corrected chi connectivity index (χ2v) is 9.00. The van der Waals surface area contributed by atoms with Crippen molar-refractivity contribution in [2.75, 3.05) is 49.6 Å². The summed E-state index contributed by atoms with van der Waals surface area (Å²) in [6.07, 6.45) is 5.10. The van der Waals surface area contributed by atoms with Crippen LogP contribution in [0, 0.1) is 0 Å². The van der Waals surface area contributed by atoms with Gasteiger partial charge in [-0.25, -0.2) is 4.98 Å². The van der Waals surface area contributed by atoms with Gasteiger partial charge in [0.15, 0.2) is 0 Å². The molecule has 8 heteroatoms. The first kappa shape index (κ1) is 21.6. The summed E-state index contributed by atoms with van der Waals surface area (Å²) in [5.74, 6) is 1.87. The maximum Gasteiger partial charge on any atom is 0.245 e. The van der Waals surface area contributed by atoms with E-state index >= 15 is 0 Å². The SMILES string of the molecule is C=CC(=O)N1CC(c2ccc(-c3ccc4c(c3)Nc3nccc(N5CCOCC5)c3CO4)cn2)C1.[HH]. The predicted molar refractivity (Wildman–Crippen MR) is 136 cm³/mol. The molecular formula is C27H29N5O3. The van der Waals surface area contributed by atoms with Gasteiger partial charge in [-0.1, -0.05) is 18.7 Å². The fraction of sp³-hybridized carbons (Fsp3) is 0.296. The number of nitrogens with zero attached hydrogens (tertiary/aromatic N) is 4. The number of amides is 1. The first-order chi connectivity index (χ1) is 17.2. The number of likely N-dealkylation sites (tertiary alicyclic amines) is 1. The number of hydrogen-bond acceptors (Lipinski definition) is 7. The zero-order chi connectivity index (χ0) is 23.8. The van der Waals surface area contributed by atoms with E-state index in [1.807, 2.05) is 18.5 Å². The molecule has 0 saturated carbocycles. The minimum Gasteiger partial charge on any atom is -0.487 e. The second-order valence-electron chi connectivity index (χ2n) is 9.00.